The Hall–Kier alpha value is -2.49. The molecule has 1 N–H and O–H groups in total. The maximum Gasteiger partial charge on any atom is 0.195 e. The highest BCUT2D eigenvalue weighted by Crippen LogP contribution is 2.28. The Morgan fingerprint density at radius 1 is 1.29 bits per heavy atom. The number of nitriles is 1. The number of nitrogens with zero attached hydrogens (tertiary/aromatic N) is 2. The van der Waals surface area contributed by atoms with E-state index in [9.17, 15) is 4.79 Å². The Bertz CT molecular complexity index is 814. The lowest BCUT2D eigenvalue weighted by atomic mass is 10.0. The van der Waals surface area contributed by atoms with Gasteiger partial charge in [0.05, 0.1) is 18.4 Å². The van der Waals surface area contributed by atoms with Gasteiger partial charge >= 0.3 is 0 Å². The lowest BCUT2D eigenvalue weighted by molar-refractivity contribution is 0.103. The Morgan fingerprint density at radius 2 is 2.00 bits per heavy atom. The molecule has 0 aliphatic heterocycles. The summed E-state index contributed by atoms with van der Waals surface area (Å²) >= 11 is 7.14. The van der Waals surface area contributed by atoms with E-state index in [4.69, 9.17) is 21.6 Å². The van der Waals surface area contributed by atoms with Gasteiger partial charge in [0, 0.05) is 10.6 Å². The van der Waals surface area contributed by atoms with Crippen LogP contribution in [0.15, 0.2) is 47.5 Å². The van der Waals surface area contributed by atoms with Gasteiger partial charge < -0.3 is 4.74 Å². The first-order valence-electron chi connectivity index (χ1n) is 6.85. The van der Waals surface area contributed by atoms with Gasteiger partial charge in [-0.1, -0.05) is 23.4 Å². The monoisotopic (exact) mass is 359 g/mol. The van der Waals surface area contributed by atoms with Gasteiger partial charge in [-0.15, -0.1) is 0 Å². The first-order chi connectivity index (χ1) is 11.6. The molecule has 2 aromatic carbocycles. The van der Waals surface area contributed by atoms with Crippen molar-refractivity contribution in [1.82, 2.24) is 5.32 Å². The van der Waals surface area contributed by atoms with Crippen molar-refractivity contribution in [3.8, 4) is 11.9 Å². The molecule has 0 unspecified atom stereocenters. The number of nitrogens with one attached hydrogen (secondary N) is 1. The van der Waals surface area contributed by atoms with Gasteiger partial charge in [0.15, 0.2) is 17.1 Å². The van der Waals surface area contributed by atoms with Gasteiger partial charge in [-0.25, -0.2) is 4.99 Å². The van der Waals surface area contributed by atoms with Crippen LogP contribution in [-0.2, 0) is 0 Å². The van der Waals surface area contributed by atoms with Crippen LogP contribution < -0.4 is 10.1 Å². The lowest BCUT2D eigenvalue weighted by Gasteiger charge is -2.09. The van der Waals surface area contributed by atoms with E-state index in [-0.39, 0.29) is 5.78 Å². The number of carbonyl (C=O) groups excluding carboxylic acids is 1. The molecule has 0 bridgehead atoms. The molecule has 5 nitrogen and oxygen atoms in total. The van der Waals surface area contributed by atoms with Crippen LogP contribution in [0.4, 0.5) is 5.69 Å². The van der Waals surface area contributed by atoms with Crippen LogP contribution in [0.2, 0.25) is 5.02 Å². The van der Waals surface area contributed by atoms with Crippen LogP contribution in [0.3, 0.4) is 0 Å². The van der Waals surface area contributed by atoms with Gasteiger partial charge in [0.25, 0.3) is 0 Å². The highest BCUT2D eigenvalue weighted by Gasteiger charge is 2.15. The molecule has 2 rings (SSSR count). The summed E-state index contributed by atoms with van der Waals surface area (Å²) in [6.07, 6.45) is 3.61. The zero-order valence-electron chi connectivity index (χ0n) is 13.0. The number of rotatable bonds is 4. The predicted octanol–water partition coefficient (Wildman–Crippen LogP) is 4.00. The van der Waals surface area contributed by atoms with Crippen molar-refractivity contribution in [2.45, 2.75) is 0 Å². The number of thioether (sulfide) groups is 1. The number of aliphatic imine (C=N–C) groups is 1. The smallest absolute Gasteiger partial charge is 0.195 e. The molecular weight excluding hydrogens is 346 g/mol. The number of amidine groups is 1. The molecule has 24 heavy (non-hydrogen) atoms. The molecule has 0 aliphatic carbocycles. The topological polar surface area (TPSA) is 74.5 Å². The van der Waals surface area contributed by atoms with E-state index in [2.05, 4.69) is 10.3 Å². The van der Waals surface area contributed by atoms with Crippen molar-refractivity contribution in [2.75, 3.05) is 13.4 Å². The van der Waals surface area contributed by atoms with E-state index in [1.54, 1.807) is 48.7 Å². The SMILES string of the molecule is COc1ccc(N=C(NC#N)SC)c(C(=O)c2ccc(Cl)cc2)c1. The first kappa shape index (κ1) is 17.9. The maximum absolute atomic E-state index is 12.8. The Morgan fingerprint density at radius 3 is 2.58 bits per heavy atom. The van der Waals surface area contributed by atoms with Crippen LogP contribution in [0.1, 0.15) is 15.9 Å². The summed E-state index contributed by atoms with van der Waals surface area (Å²) in [6.45, 7) is 0. The standard InChI is InChI=1S/C17H14ClN3O2S/c1-23-13-7-8-15(21-17(24-2)20-10-19)14(9-13)16(22)11-3-5-12(18)6-4-11/h3-9H,1-2H3,(H,20,21). The van der Waals surface area contributed by atoms with Crippen molar-refractivity contribution in [3.63, 3.8) is 0 Å². The molecule has 0 aliphatic rings. The van der Waals surface area contributed by atoms with Gasteiger partial charge in [0.1, 0.15) is 5.75 Å². The molecule has 0 atom stereocenters. The first-order valence-corrected chi connectivity index (χ1v) is 8.45. The van der Waals surface area contributed by atoms with E-state index >= 15 is 0 Å². The second-order valence-corrected chi connectivity index (χ2v) is 5.81. The third-order valence-electron chi connectivity index (χ3n) is 3.13. The van der Waals surface area contributed by atoms with E-state index in [1.165, 1.54) is 18.9 Å². The zero-order chi connectivity index (χ0) is 17.5. The second-order valence-electron chi connectivity index (χ2n) is 4.58. The fraction of sp³-hybridized carbons (Fsp3) is 0.118. The fourth-order valence-electron chi connectivity index (χ4n) is 1.96. The Kier molecular flexibility index (Phi) is 6.24. The number of carbonyl (C=O) groups is 1. The van der Waals surface area contributed by atoms with Gasteiger partial charge in [0.2, 0.25) is 0 Å². The summed E-state index contributed by atoms with van der Waals surface area (Å²) in [4.78, 5) is 17.2. The Balaban J connectivity index is 2.52. The molecule has 0 saturated carbocycles. The van der Waals surface area contributed by atoms with E-state index in [0.717, 1.165) is 0 Å². The van der Waals surface area contributed by atoms with Crippen LogP contribution in [0, 0.1) is 11.5 Å². The van der Waals surface area contributed by atoms with Crippen LogP contribution in [0.25, 0.3) is 0 Å². The minimum atomic E-state index is -0.207. The fourth-order valence-corrected chi connectivity index (χ4v) is 2.42. The van der Waals surface area contributed by atoms with Crippen LogP contribution in [0.5, 0.6) is 5.75 Å². The number of ether oxygens (including phenoxy) is 1. The highest BCUT2D eigenvalue weighted by atomic mass is 35.5. The average Bonchev–Trinajstić information content (AvgIpc) is 2.61. The third-order valence-corrected chi connectivity index (χ3v) is 3.96. The van der Waals surface area contributed by atoms with E-state index in [1.807, 2.05) is 6.19 Å². The number of hydrogen-bond acceptors (Lipinski definition) is 5. The van der Waals surface area contributed by atoms with Crippen LogP contribution >= 0.6 is 23.4 Å². The lowest BCUT2D eigenvalue weighted by Crippen LogP contribution is -2.13. The molecule has 7 heteroatoms. The van der Waals surface area contributed by atoms with Gasteiger partial charge in [-0.2, -0.15) is 5.26 Å². The minimum Gasteiger partial charge on any atom is -0.497 e. The summed E-state index contributed by atoms with van der Waals surface area (Å²) in [5.41, 5.74) is 1.31. The molecule has 0 saturated heterocycles. The van der Waals surface area contributed by atoms with Crippen molar-refractivity contribution >= 4 is 40.0 Å². The molecule has 2 aromatic rings. The molecule has 0 aromatic heterocycles. The molecule has 0 radical (unpaired) electrons. The predicted molar refractivity (Wildman–Crippen MR) is 97.2 cm³/mol. The summed E-state index contributed by atoms with van der Waals surface area (Å²) in [5, 5.41) is 12.2. The van der Waals surface area contributed by atoms with Gasteiger partial charge in [-0.05, 0) is 48.7 Å². The van der Waals surface area contributed by atoms with Crippen LogP contribution in [-0.4, -0.2) is 24.3 Å². The van der Waals surface area contributed by atoms with Gasteiger partial charge in [-0.3, -0.25) is 10.1 Å². The number of hydrogen-bond donors (Lipinski definition) is 1. The minimum absolute atomic E-state index is 0.207. The molecule has 0 heterocycles. The third kappa shape index (κ3) is 4.28. The van der Waals surface area contributed by atoms with Crippen molar-refractivity contribution < 1.29 is 9.53 Å². The summed E-state index contributed by atoms with van der Waals surface area (Å²) < 4.78 is 5.20. The quantitative estimate of drug-likeness (QED) is 0.293. The molecular formula is C17H14ClN3O2S. The van der Waals surface area contributed by atoms with E-state index < -0.39 is 0 Å². The van der Waals surface area contributed by atoms with Crippen molar-refractivity contribution in [3.05, 3.63) is 58.6 Å². The largest absolute Gasteiger partial charge is 0.497 e. The normalized spacial score (nSPS) is 10.8. The maximum atomic E-state index is 12.8. The van der Waals surface area contributed by atoms with Crippen molar-refractivity contribution in [2.24, 2.45) is 4.99 Å². The Labute approximate surface area is 149 Å². The molecule has 122 valence electrons. The molecule has 0 spiro atoms. The second kappa shape index (κ2) is 8.39. The van der Waals surface area contributed by atoms with E-state index in [0.29, 0.717) is 32.8 Å². The average molecular weight is 360 g/mol. The molecule has 0 amide bonds. The summed E-state index contributed by atoms with van der Waals surface area (Å²) in [7, 11) is 1.53. The number of halogens is 1. The zero-order valence-corrected chi connectivity index (χ0v) is 14.6. The summed E-state index contributed by atoms with van der Waals surface area (Å²) in [5.74, 6) is 0.340. The number of ketones is 1. The number of methoxy groups -OCH3 is 1. The molecule has 0 fully saturated rings. The summed E-state index contributed by atoms with van der Waals surface area (Å²) in [6, 6.07) is 11.6. The highest BCUT2D eigenvalue weighted by molar-refractivity contribution is 8.13. The number of benzene rings is 2. The van der Waals surface area contributed by atoms with Crippen molar-refractivity contribution in [1.29, 1.82) is 5.26 Å².